The predicted octanol–water partition coefficient (Wildman–Crippen LogP) is 2.43. The topological polar surface area (TPSA) is 53.6 Å². The highest BCUT2D eigenvalue weighted by atomic mass is 35.5. The fourth-order valence-corrected chi connectivity index (χ4v) is 5.16. The normalized spacial score (nSPS) is 26.1. The Morgan fingerprint density at radius 3 is 2.56 bits per heavy atom. The van der Waals surface area contributed by atoms with E-state index in [-0.39, 0.29) is 48.3 Å². The Morgan fingerprint density at radius 2 is 1.89 bits per heavy atom. The van der Waals surface area contributed by atoms with Crippen LogP contribution in [0.15, 0.2) is 24.3 Å². The summed E-state index contributed by atoms with van der Waals surface area (Å²) < 4.78 is 6.01. The summed E-state index contributed by atoms with van der Waals surface area (Å²) in [5.41, 5.74) is 2.63. The highest BCUT2D eigenvalue weighted by Gasteiger charge is 2.53. The maximum absolute atomic E-state index is 12.7. The summed E-state index contributed by atoms with van der Waals surface area (Å²) in [6, 6.07) is 8.54. The van der Waals surface area contributed by atoms with Gasteiger partial charge in [-0.3, -0.25) is 9.69 Å². The number of carbonyl (C=O) groups is 1. The number of nitrogens with one attached hydrogen (secondary N) is 2. The molecule has 0 radical (unpaired) electrons. The fraction of sp³-hybridized carbons (Fsp3) is 0.650. The van der Waals surface area contributed by atoms with E-state index in [0.29, 0.717) is 6.54 Å². The molecule has 0 unspecified atom stereocenters. The predicted molar refractivity (Wildman–Crippen MR) is 112 cm³/mol. The minimum Gasteiger partial charge on any atom is -0.378 e. The number of amides is 1. The molecule has 1 spiro atoms. The van der Waals surface area contributed by atoms with Gasteiger partial charge in [-0.25, -0.2) is 0 Å². The molecule has 152 valence electrons. The lowest BCUT2D eigenvalue weighted by atomic mass is 9.72. The minimum absolute atomic E-state index is 0. The molecule has 5 nitrogen and oxygen atoms in total. The second-order valence-electron chi connectivity index (χ2n) is 7.68. The molecular formula is C20H31Cl2N3O2. The van der Waals surface area contributed by atoms with Crippen LogP contribution in [0.1, 0.15) is 42.9 Å². The van der Waals surface area contributed by atoms with E-state index in [2.05, 4.69) is 39.8 Å². The number of methoxy groups -OCH3 is 1. The molecule has 0 bridgehead atoms. The number of nitrogens with zero attached hydrogens (tertiary/aromatic N) is 1. The molecule has 2 heterocycles. The molecule has 0 aromatic heterocycles. The van der Waals surface area contributed by atoms with Crippen molar-refractivity contribution < 1.29 is 9.53 Å². The van der Waals surface area contributed by atoms with Crippen molar-refractivity contribution in [3.05, 3.63) is 35.4 Å². The zero-order chi connectivity index (χ0) is 17.3. The Kier molecular flexibility index (Phi) is 7.95. The molecule has 1 amide bonds. The van der Waals surface area contributed by atoms with Crippen LogP contribution in [-0.2, 0) is 14.9 Å². The zero-order valence-electron chi connectivity index (χ0n) is 15.9. The van der Waals surface area contributed by atoms with Gasteiger partial charge in [-0.2, -0.15) is 0 Å². The van der Waals surface area contributed by atoms with Crippen molar-refractivity contribution in [1.82, 2.24) is 15.5 Å². The Labute approximate surface area is 174 Å². The molecular weight excluding hydrogens is 385 g/mol. The van der Waals surface area contributed by atoms with Crippen molar-refractivity contribution >= 4 is 30.7 Å². The van der Waals surface area contributed by atoms with Crippen molar-refractivity contribution in [1.29, 1.82) is 0 Å². The van der Waals surface area contributed by atoms with E-state index in [4.69, 9.17) is 4.74 Å². The standard InChI is InChI=1S/C20H29N3O2.2ClH/c1-25-19-18(22-17(24)14-23-12-4-5-13-23)15-6-2-3-7-16(15)20(19)8-10-21-11-9-20;;/h2-3,6-7,18-19,21H,4-5,8-14H2,1H3,(H,22,24);2*1H/t18-,19+;;/m1../s1. The molecule has 2 N–H and O–H groups in total. The van der Waals surface area contributed by atoms with Crippen LogP contribution in [0, 0.1) is 0 Å². The van der Waals surface area contributed by atoms with Crippen LogP contribution < -0.4 is 10.6 Å². The minimum atomic E-state index is -0.0468. The highest BCUT2D eigenvalue weighted by Crippen LogP contribution is 2.51. The third kappa shape index (κ3) is 4.13. The lowest BCUT2D eigenvalue weighted by Crippen LogP contribution is -2.50. The maximum Gasteiger partial charge on any atom is 0.234 e. The van der Waals surface area contributed by atoms with Crippen molar-refractivity contribution in [3.8, 4) is 0 Å². The largest absolute Gasteiger partial charge is 0.378 e. The van der Waals surface area contributed by atoms with Gasteiger partial charge in [0, 0.05) is 12.5 Å². The van der Waals surface area contributed by atoms with Gasteiger partial charge in [-0.1, -0.05) is 24.3 Å². The summed E-state index contributed by atoms with van der Waals surface area (Å²) in [6.45, 7) is 4.59. The number of benzene rings is 1. The second-order valence-corrected chi connectivity index (χ2v) is 7.68. The van der Waals surface area contributed by atoms with E-state index in [1.54, 1.807) is 7.11 Å². The second kappa shape index (κ2) is 9.57. The molecule has 2 saturated heterocycles. The van der Waals surface area contributed by atoms with E-state index in [1.807, 2.05) is 0 Å². The van der Waals surface area contributed by atoms with E-state index >= 15 is 0 Å². The SMILES string of the molecule is CO[C@H]1[C@H](NC(=O)CN2CCCC2)c2ccccc2C12CCNCC2.Cl.Cl. The summed E-state index contributed by atoms with van der Waals surface area (Å²) >= 11 is 0. The number of hydrogen-bond acceptors (Lipinski definition) is 4. The zero-order valence-corrected chi connectivity index (χ0v) is 17.5. The first-order chi connectivity index (χ1) is 12.2. The molecule has 2 fully saturated rings. The number of carbonyl (C=O) groups excluding carboxylic acids is 1. The fourth-order valence-electron chi connectivity index (χ4n) is 5.16. The summed E-state index contributed by atoms with van der Waals surface area (Å²) in [4.78, 5) is 14.9. The number of likely N-dealkylation sites (tertiary alicyclic amines) is 1. The molecule has 1 aromatic rings. The van der Waals surface area contributed by atoms with Gasteiger partial charge in [0.25, 0.3) is 0 Å². The Balaban J connectivity index is 0.00000131. The molecule has 3 aliphatic rings. The number of hydrogen-bond donors (Lipinski definition) is 2. The van der Waals surface area contributed by atoms with Crippen LogP contribution in [-0.4, -0.2) is 56.7 Å². The molecule has 27 heavy (non-hydrogen) atoms. The van der Waals surface area contributed by atoms with Gasteiger partial charge in [0.05, 0.1) is 18.7 Å². The third-order valence-corrected chi connectivity index (χ3v) is 6.31. The first kappa shape index (κ1) is 22.4. The monoisotopic (exact) mass is 415 g/mol. The number of fused-ring (bicyclic) bond motifs is 2. The lowest BCUT2D eigenvalue weighted by molar-refractivity contribution is -0.124. The molecule has 2 atom stereocenters. The van der Waals surface area contributed by atoms with Gasteiger partial charge in [0.2, 0.25) is 5.91 Å². The number of piperidine rings is 1. The first-order valence-electron chi connectivity index (χ1n) is 9.59. The third-order valence-electron chi connectivity index (χ3n) is 6.31. The van der Waals surface area contributed by atoms with Crippen molar-refractivity contribution in [3.63, 3.8) is 0 Å². The average Bonchev–Trinajstić information content (AvgIpc) is 3.22. The van der Waals surface area contributed by atoms with Gasteiger partial charge in [0.1, 0.15) is 0 Å². The van der Waals surface area contributed by atoms with Crippen LogP contribution in [0.4, 0.5) is 0 Å². The van der Waals surface area contributed by atoms with Crippen molar-refractivity contribution in [2.24, 2.45) is 0 Å². The highest BCUT2D eigenvalue weighted by molar-refractivity contribution is 5.85. The van der Waals surface area contributed by atoms with E-state index in [0.717, 1.165) is 39.0 Å². The van der Waals surface area contributed by atoms with Gasteiger partial charge >= 0.3 is 0 Å². The number of halogens is 2. The van der Waals surface area contributed by atoms with Gasteiger partial charge in [0.15, 0.2) is 0 Å². The van der Waals surface area contributed by atoms with Crippen molar-refractivity contribution in [2.75, 3.05) is 39.8 Å². The summed E-state index contributed by atoms with van der Waals surface area (Å²) in [5.74, 6) is 0.120. The Hall–Kier alpha value is -0.850. The van der Waals surface area contributed by atoms with Gasteiger partial charge in [-0.05, 0) is 63.0 Å². The molecule has 1 aromatic carbocycles. The van der Waals surface area contributed by atoms with E-state index in [9.17, 15) is 4.79 Å². The van der Waals surface area contributed by atoms with E-state index < -0.39 is 0 Å². The summed E-state index contributed by atoms with van der Waals surface area (Å²) in [5, 5.41) is 6.77. The van der Waals surface area contributed by atoms with Crippen LogP contribution in [0.5, 0.6) is 0 Å². The van der Waals surface area contributed by atoms with Crippen molar-refractivity contribution in [2.45, 2.75) is 43.2 Å². The first-order valence-corrected chi connectivity index (χ1v) is 9.59. The molecule has 7 heteroatoms. The smallest absolute Gasteiger partial charge is 0.234 e. The Bertz CT molecular complexity index is 631. The van der Waals surface area contributed by atoms with Crippen LogP contribution in [0.2, 0.25) is 0 Å². The van der Waals surface area contributed by atoms with E-state index in [1.165, 1.54) is 24.0 Å². The summed E-state index contributed by atoms with van der Waals surface area (Å²) in [7, 11) is 1.79. The van der Waals surface area contributed by atoms with Crippen LogP contribution in [0.25, 0.3) is 0 Å². The van der Waals surface area contributed by atoms with Crippen LogP contribution in [0.3, 0.4) is 0 Å². The van der Waals surface area contributed by atoms with Crippen LogP contribution >= 0.6 is 24.8 Å². The molecule has 0 saturated carbocycles. The Morgan fingerprint density at radius 1 is 1.22 bits per heavy atom. The molecule has 1 aliphatic carbocycles. The van der Waals surface area contributed by atoms with Gasteiger partial charge < -0.3 is 15.4 Å². The molecule has 2 aliphatic heterocycles. The number of rotatable bonds is 4. The molecule has 4 rings (SSSR count). The summed E-state index contributed by atoms with van der Waals surface area (Å²) in [6.07, 6.45) is 4.53. The quantitative estimate of drug-likeness (QED) is 0.792. The number of ether oxygens (including phenoxy) is 1. The van der Waals surface area contributed by atoms with Gasteiger partial charge in [-0.15, -0.1) is 24.8 Å². The average molecular weight is 416 g/mol. The lowest BCUT2D eigenvalue weighted by Gasteiger charge is -2.40. The maximum atomic E-state index is 12.7.